The van der Waals surface area contributed by atoms with Crippen molar-refractivity contribution < 1.29 is 32.3 Å². The van der Waals surface area contributed by atoms with Gasteiger partial charge in [0.2, 0.25) is 0 Å². The largest absolute Gasteiger partial charge is 1.00 e. The van der Waals surface area contributed by atoms with E-state index < -0.39 is 5.97 Å². The molecule has 0 atom stereocenters. The number of rotatable bonds is 8. The van der Waals surface area contributed by atoms with E-state index in [0.717, 1.165) is 18.9 Å². The van der Waals surface area contributed by atoms with Crippen LogP contribution in [-0.4, -0.2) is 5.97 Å². The zero-order valence-corrected chi connectivity index (χ0v) is 10.2. The first-order valence-electron chi connectivity index (χ1n) is 5.15. The Morgan fingerprint density at radius 2 is 1.71 bits per heavy atom. The van der Waals surface area contributed by atoms with Crippen LogP contribution in [-0.2, 0) is 27.2 Å². The van der Waals surface area contributed by atoms with Gasteiger partial charge in [-0.2, -0.15) is 0 Å². The number of unbranched alkanes of at least 4 members (excludes halogenated alkanes) is 6. The van der Waals surface area contributed by atoms with Crippen LogP contribution in [0.25, 0.3) is 0 Å². The van der Waals surface area contributed by atoms with Crippen molar-refractivity contribution in [3.05, 3.63) is 12.2 Å². The van der Waals surface area contributed by atoms with Gasteiger partial charge in [0.25, 0.3) is 0 Å². The maximum atomic E-state index is 9.98. The van der Waals surface area contributed by atoms with Crippen molar-refractivity contribution in [1.82, 2.24) is 0 Å². The number of hydrogen-bond acceptors (Lipinski definition) is 2. The van der Waals surface area contributed by atoms with Gasteiger partial charge in [0.15, 0.2) is 0 Å². The predicted molar refractivity (Wildman–Crippen MR) is 52.1 cm³/mol. The van der Waals surface area contributed by atoms with Crippen molar-refractivity contribution in [2.75, 3.05) is 0 Å². The minimum absolute atomic E-state index is 0. The molecule has 14 heavy (non-hydrogen) atoms. The summed E-state index contributed by atoms with van der Waals surface area (Å²) in [6.07, 6.45) is 11.1. The van der Waals surface area contributed by atoms with Crippen LogP contribution in [0.5, 0.6) is 0 Å². The Morgan fingerprint density at radius 3 is 2.29 bits per heavy atom. The molecular weight excluding hydrogens is 272 g/mol. The van der Waals surface area contributed by atoms with Gasteiger partial charge in [-0.05, 0) is 18.9 Å². The van der Waals surface area contributed by atoms with E-state index in [2.05, 4.69) is 6.92 Å². The van der Waals surface area contributed by atoms with Crippen molar-refractivity contribution in [3.8, 4) is 0 Å². The molecule has 0 fully saturated rings. The molecular formula is C11H19AgO2. The molecule has 0 saturated heterocycles. The minimum Gasteiger partial charge on any atom is -0.545 e. The number of aliphatic carboxylic acids is 1. The average molecular weight is 291 g/mol. The van der Waals surface area contributed by atoms with Crippen LogP contribution in [0.15, 0.2) is 12.2 Å². The molecule has 0 aliphatic carbocycles. The van der Waals surface area contributed by atoms with Gasteiger partial charge in [0.05, 0.1) is 5.97 Å². The van der Waals surface area contributed by atoms with Crippen LogP contribution in [0, 0.1) is 0 Å². The number of allylic oxidation sites excluding steroid dienone is 1. The third kappa shape index (κ3) is 14.5. The zero-order chi connectivity index (χ0) is 9.94. The van der Waals surface area contributed by atoms with Crippen LogP contribution in [0.2, 0.25) is 0 Å². The molecule has 3 heteroatoms. The standard InChI is InChI=1S/C11H20O2.Ag/c1-2-3-4-5-6-7-8-9-10-11(12)13;/h9-10H,2-8H2,1H3,(H,12,13);/q;+1/p-1. The molecule has 0 amide bonds. The van der Waals surface area contributed by atoms with Crippen LogP contribution in [0.4, 0.5) is 0 Å². The molecule has 0 radical (unpaired) electrons. The van der Waals surface area contributed by atoms with E-state index in [1.807, 2.05) is 0 Å². The Morgan fingerprint density at radius 1 is 1.14 bits per heavy atom. The van der Waals surface area contributed by atoms with Crippen molar-refractivity contribution in [3.63, 3.8) is 0 Å². The molecule has 0 bridgehead atoms. The smallest absolute Gasteiger partial charge is 0.545 e. The molecule has 0 aromatic carbocycles. The second-order valence-corrected chi connectivity index (χ2v) is 3.28. The number of carboxylic acids is 1. The SMILES string of the molecule is CCCCCCCCC=CC(=O)[O-].[Ag+]. The molecule has 0 unspecified atom stereocenters. The third-order valence-corrected chi connectivity index (χ3v) is 1.98. The van der Waals surface area contributed by atoms with Gasteiger partial charge in [-0.1, -0.05) is 45.1 Å². The van der Waals surface area contributed by atoms with Gasteiger partial charge < -0.3 is 9.90 Å². The predicted octanol–water partition coefficient (Wildman–Crippen LogP) is 2.04. The molecule has 0 N–H and O–H groups in total. The van der Waals surface area contributed by atoms with Gasteiger partial charge in [-0.15, -0.1) is 0 Å². The van der Waals surface area contributed by atoms with E-state index in [1.54, 1.807) is 6.08 Å². The van der Waals surface area contributed by atoms with Crippen LogP contribution < -0.4 is 5.11 Å². The molecule has 86 valence electrons. The van der Waals surface area contributed by atoms with E-state index in [1.165, 1.54) is 32.1 Å². The number of carbonyl (C=O) groups is 1. The summed E-state index contributed by atoms with van der Waals surface area (Å²) in [6.45, 7) is 2.20. The van der Waals surface area contributed by atoms with Crippen molar-refractivity contribution in [1.29, 1.82) is 0 Å². The van der Waals surface area contributed by atoms with E-state index in [4.69, 9.17) is 0 Å². The van der Waals surface area contributed by atoms with E-state index in [-0.39, 0.29) is 22.4 Å². The molecule has 0 aliphatic heterocycles. The average Bonchev–Trinajstić information content (AvgIpc) is 2.09. The van der Waals surface area contributed by atoms with Crippen LogP contribution >= 0.6 is 0 Å². The summed E-state index contributed by atoms with van der Waals surface area (Å²) in [5.41, 5.74) is 0. The second-order valence-electron chi connectivity index (χ2n) is 3.28. The Labute approximate surface area is 102 Å². The van der Waals surface area contributed by atoms with Crippen molar-refractivity contribution in [2.24, 2.45) is 0 Å². The first kappa shape index (κ1) is 16.4. The zero-order valence-electron chi connectivity index (χ0n) is 8.72. The fourth-order valence-corrected chi connectivity index (χ4v) is 1.22. The molecule has 0 aromatic heterocycles. The van der Waals surface area contributed by atoms with Gasteiger partial charge in [0.1, 0.15) is 0 Å². The molecule has 0 heterocycles. The molecule has 0 spiro atoms. The second kappa shape index (κ2) is 13.0. The monoisotopic (exact) mass is 290 g/mol. The van der Waals surface area contributed by atoms with Crippen molar-refractivity contribution in [2.45, 2.75) is 51.9 Å². The number of hydrogen-bond donors (Lipinski definition) is 0. The van der Waals surface area contributed by atoms with E-state index in [0.29, 0.717) is 0 Å². The summed E-state index contributed by atoms with van der Waals surface area (Å²) < 4.78 is 0. The molecule has 0 aromatic rings. The van der Waals surface area contributed by atoms with Crippen molar-refractivity contribution >= 4 is 5.97 Å². The quantitative estimate of drug-likeness (QED) is 0.390. The number of carboxylic acid groups (broad SMARTS) is 1. The Hall–Kier alpha value is -0.0497. The Kier molecular flexibility index (Phi) is 15.2. The fraction of sp³-hybridized carbons (Fsp3) is 0.727. The Balaban J connectivity index is 0. The maximum Gasteiger partial charge on any atom is 1.00 e. The van der Waals surface area contributed by atoms with Crippen LogP contribution in [0.3, 0.4) is 0 Å². The molecule has 2 nitrogen and oxygen atoms in total. The third-order valence-electron chi connectivity index (χ3n) is 1.98. The van der Waals surface area contributed by atoms with Gasteiger partial charge in [-0.25, -0.2) is 0 Å². The van der Waals surface area contributed by atoms with Gasteiger partial charge in [-0.3, -0.25) is 0 Å². The maximum absolute atomic E-state index is 9.98. The van der Waals surface area contributed by atoms with E-state index >= 15 is 0 Å². The van der Waals surface area contributed by atoms with Gasteiger partial charge >= 0.3 is 22.4 Å². The molecule has 0 rings (SSSR count). The topological polar surface area (TPSA) is 40.1 Å². The number of carbonyl (C=O) groups excluding carboxylic acids is 1. The first-order valence-corrected chi connectivity index (χ1v) is 5.15. The normalized spacial score (nSPS) is 10.1. The van der Waals surface area contributed by atoms with Crippen LogP contribution in [0.1, 0.15) is 51.9 Å². The summed E-state index contributed by atoms with van der Waals surface area (Å²) in [6, 6.07) is 0. The molecule has 0 aliphatic rings. The fourth-order valence-electron chi connectivity index (χ4n) is 1.22. The summed E-state index contributed by atoms with van der Waals surface area (Å²) in [4.78, 5) is 9.98. The summed E-state index contributed by atoms with van der Waals surface area (Å²) in [5, 5.41) is 9.98. The molecule has 0 saturated carbocycles. The Bertz CT molecular complexity index is 155. The summed E-state index contributed by atoms with van der Waals surface area (Å²) in [7, 11) is 0. The van der Waals surface area contributed by atoms with E-state index in [9.17, 15) is 9.90 Å². The van der Waals surface area contributed by atoms with Gasteiger partial charge in [0, 0.05) is 0 Å². The summed E-state index contributed by atoms with van der Waals surface area (Å²) >= 11 is 0. The first-order chi connectivity index (χ1) is 6.27. The summed E-state index contributed by atoms with van der Waals surface area (Å²) in [5.74, 6) is -1.09. The minimum atomic E-state index is -1.09.